The number of aryl methyl sites for hydroxylation is 1. The Kier molecular flexibility index (Phi) is 5.51. The van der Waals surface area contributed by atoms with Crippen LogP contribution in [0.2, 0.25) is 0 Å². The maximum Gasteiger partial charge on any atom is 0.227 e. The van der Waals surface area contributed by atoms with Crippen LogP contribution in [0.3, 0.4) is 0 Å². The molecule has 1 aliphatic rings. The van der Waals surface area contributed by atoms with Crippen LogP contribution in [0.5, 0.6) is 5.75 Å². The molecule has 0 unspecified atom stereocenters. The van der Waals surface area contributed by atoms with E-state index in [4.69, 9.17) is 4.74 Å². The number of H-pyrrole nitrogens is 1. The summed E-state index contributed by atoms with van der Waals surface area (Å²) in [6.07, 6.45) is 5.45. The lowest BCUT2D eigenvalue weighted by Gasteiger charge is -2.20. The van der Waals surface area contributed by atoms with Crippen molar-refractivity contribution in [3.05, 3.63) is 54.2 Å². The van der Waals surface area contributed by atoms with Crippen LogP contribution >= 0.6 is 0 Å². The summed E-state index contributed by atoms with van der Waals surface area (Å²) < 4.78 is 5.40. The molecule has 6 nitrogen and oxygen atoms in total. The fourth-order valence-corrected chi connectivity index (χ4v) is 3.88. The summed E-state index contributed by atoms with van der Waals surface area (Å²) in [4.78, 5) is 29.5. The Morgan fingerprint density at radius 2 is 2.10 bits per heavy atom. The number of amides is 2. The number of methoxy groups -OCH3 is 1. The first-order chi connectivity index (χ1) is 14.2. The molecule has 2 N–H and O–H groups in total. The molecule has 0 bridgehead atoms. The number of fused-ring (bicyclic) bond motifs is 1. The molecule has 0 aliphatic carbocycles. The van der Waals surface area contributed by atoms with Crippen molar-refractivity contribution >= 4 is 34.1 Å². The second kappa shape index (κ2) is 8.39. The van der Waals surface area contributed by atoms with Gasteiger partial charge in [-0.2, -0.15) is 0 Å². The van der Waals surface area contributed by atoms with Gasteiger partial charge in [-0.3, -0.25) is 9.59 Å². The summed E-state index contributed by atoms with van der Waals surface area (Å²) >= 11 is 0. The number of ether oxygens (including phenoxy) is 1. The van der Waals surface area contributed by atoms with Gasteiger partial charge in [0.2, 0.25) is 11.8 Å². The lowest BCUT2D eigenvalue weighted by molar-refractivity contribution is -0.117. The smallest absolute Gasteiger partial charge is 0.227 e. The van der Waals surface area contributed by atoms with Crippen LogP contribution in [0.25, 0.3) is 10.9 Å². The first-order valence-electron chi connectivity index (χ1n) is 9.99. The van der Waals surface area contributed by atoms with Crippen molar-refractivity contribution in [2.45, 2.75) is 32.1 Å². The van der Waals surface area contributed by atoms with Crippen molar-refractivity contribution in [1.29, 1.82) is 0 Å². The van der Waals surface area contributed by atoms with Gasteiger partial charge in [-0.05, 0) is 49.1 Å². The molecule has 150 valence electrons. The fraction of sp³-hybridized carbons (Fsp3) is 0.304. The Hall–Kier alpha value is -3.28. The molecule has 3 aromatic rings. The highest BCUT2D eigenvalue weighted by Gasteiger charge is 2.24. The number of aromatic amines is 1. The number of anilines is 2. The predicted octanol–water partition coefficient (Wildman–Crippen LogP) is 4.26. The van der Waals surface area contributed by atoms with E-state index in [1.54, 1.807) is 24.1 Å². The second-order valence-electron chi connectivity index (χ2n) is 7.30. The number of rotatable bonds is 7. The Bertz CT molecular complexity index is 1040. The lowest BCUT2D eigenvalue weighted by atomic mass is 10.1. The molecular weight excluding hydrogens is 366 g/mol. The van der Waals surface area contributed by atoms with E-state index in [1.807, 2.05) is 24.4 Å². The number of aromatic nitrogens is 1. The quantitative estimate of drug-likeness (QED) is 0.632. The largest absolute Gasteiger partial charge is 0.495 e. The van der Waals surface area contributed by atoms with Crippen LogP contribution in [-0.2, 0) is 16.0 Å². The number of para-hydroxylation sites is 1. The minimum Gasteiger partial charge on any atom is -0.495 e. The SMILES string of the molecule is COc1ccc(NC(=O)CCCc2c[nH]c3ccccc23)cc1N1CCCC1=O. The zero-order valence-electron chi connectivity index (χ0n) is 16.5. The average Bonchev–Trinajstić information content (AvgIpc) is 3.34. The van der Waals surface area contributed by atoms with Crippen LogP contribution in [0.15, 0.2) is 48.7 Å². The Labute approximate surface area is 169 Å². The molecule has 29 heavy (non-hydrogen) atoms. The third-order valence-corrected chi connectivity index (χ3v) is 5.35. The first kappa shape index (κ1) is 19.1. The molecule has 2 aromatic carbocycles. The first-order valence-corrected chi connectivity index (χ1v) is 9.99. The number of nitrogens with one attached hydrogen (secondary N) is 2. The Balaban J connectivity index is 1.37. The summed E-state index contributed by atoms with van der Waals surface area (Å²) in [6, 6.07) is 13.6. The molecule has 1 saturated heterocycles. The monoisotopic (exact) mass is 391 g/mol. The Morgan fingerprint density at radius 3 is 2.90 bits per heavy atom. The van der Waals surface area contributed by atoms with Gasteiger partial charge in [-0.25, -0.2) is 0 Å². The number of carbonyl (C=O) groups is 2. The molecule has 2 amide bonds. The van der Waals surface area contributed by atoms with Crippen LogP contribution in [0.1, 0.15) is 31.2 Å². The van der Waals surface area contributed by atoms with Crippen molar-refractivity contribution in [3.8, 4) is 5.75 Å². The summed E-state index contributed by atoms with van der Waals surface area (Å²) in [5, 5.41) is 4.16. The summed E-state index contributed by atoms with van der Waals surface area (Å²) in [5.74, 6) is 0.691. The maximum absolute atomic E-state index is 12.4. The molecule has 0 atom stereocenters. The summed E-state index contributed by atoms with van der Waals surface area (Å²) in [5.41, 5.74) is 3.74. The van der Waals surface area contributed by atoms with Crippen molar-refractivity contribution in [3.63, 3.8) is 0 Å². The van der Waals surface area contributed by atoms with Crippen molar-refractivity contribution in [2.24, 2.45) is 0 Å². The minimum atomic E-state index is -0.0336. The predicted molar refractivity (Wildman–Crippen MR) is 114 cm³/mol. The van der Waals surface area contributed by atoms with Crippen LogP contribution in [0, 0.1) is 0 Å². The van der Waals surface area contributed by atoms with Crippen molar-refractivity contribution < 1.29 is 14.3 Å². The van der Waals surface area contributed by atoms with E-state index in [0.717, 1.165) is 24.8 Å². The Morgan fingerprint density at radius 1 is 1.24 bits per heavy atom. The summed E-state index contributed by atoms with van der Waals surface area (Å²) in [6.45, 7) is 0.678. The highest BCUT2D eigenvalue weighted by Crippen LogP contribution is 2.34. The standard InChI is InChI=1S/C23H25N3O3/c1-29-21-12-11-17(14-20(21)26-13-5-10-23(26)28)25-22(27)9-4-6-16-15-24-19-8-3-2-7-18(16)19/h2-3,7-8,11-12,14-15,24H,4-6,9-10,13H2,1H3,(H,25,27). The van der Waals surface area contributed by atoms with E-state index in [0.29, 0.717) is 36.5 Å². The molecular formula is C23H25N3O3. The third-order valence-electron chi connectivity index (χ3n) is 5.35. The third kappa shape index (κ3) is 4.11. The van der Waals surface area contributed by atoms with Gasteiger partial charge in [0.1, 0.15) is 5.75 Å². The number of nitrogens with zero attached hydrogens (tertiary/aromatic N) is 1. The maximum atomic E-state index is 12.4. The molecule has 1 fully saturated rings. The van der Waals surface area contributed by atoms with Gasteiger partial charge in [0.15, 0.2) is 0 Å². The van der Waals surface area contributed by atoms with Gasteiger partial charge in [0, 0.05) is 42.2 Å². The number of hydrogen-bond donors (Lipinski definition) is 2. The van der Waals surface area contributed by atoms with E-state index >= 15 is 0 Å². The topological polar surface area (TPSA) is 74.4 Å². The van der Waals surface area contributed by atoms with E-state index in [2.05, 4.69) is 22.4 Å². The molecule has 6 heteroatoms. The molecule has 2 heterocycles. The lowest BCUT2D eigenvalue weighted by Crippen LogP contribution is -2.24. The van der Waals surface area contributed by atoms with Crippen molar-refractivity contribution in [2.75, 3.05) is 23.9 Å². The second-order valence-corrected chi connectivity index (χ2v) is 7.30. The zero-order chi connectivity index (χ0) is 20.2. The van der Waals surface area contributed by atoms with Crippen LogP contribution in [-0.4, -0.2) is 30.5 Å². The van der Waals surface area contributed by atoms with E-state index in [1.165, 1.54) is 10.9 Å². The molecule has 0 saturated carbocycles. The van der Waals surface area contributed by atoms with Gasteiger partial charge < -0.3 is 19.9 Å². The highest BCUT2D eigenvalue weighted by atomic mass is 16.5. The molecule has 0 spiro atoms. The summed E-state index contributed by atoms with van der Waals surface area (Å²) in [7, 11) is 1.59. The van der Waals surface area contributed by atoms with E-state index in [9.17, 15) is 9.59 Å². The van der Waals surface area contributed by atoms with Gasteiger partial charge >= 0.3 is 0 Å². The molecule has 4 rings (SSSR count). The number of benzene rings is 2. The van der Waals surface area contributed by atoms with Crippen molar-refractivity contribution in [1.82, 2.24) is 4.98 Å². The number of carbonyl (C=O) groups excluding carboxylic acids is 2. The number of hydrogen-bond acceptors (Lipinski definition) is 3. The van der Waals surface area contributed by atoms with Gasteiger partial charge in [0.25, 0.3) is 0 Å². The molecule has 0 radical (unpaired) electrons. The van der Waals surface area contributed by atoms with Crippen LogP contribution < -0.4 is 15.0 Å². The van der Waals surface area contributed by atoms with Crippen LogP contribution in [0.4, 0.5) is 11.4 Å². The van der Waals surface area contributed by atoms with Gasteiger partial charge in [-0.1, -0.05) is 18.2 Å². The van der Waals surface area contributed by atoms with E-state index < -0.39 is 0 Å². The fourth-order valence-electron chi connectivity index (χ4n) is 3.88. The molecule has 1 aromatic heterocycles. The van der Waals surface area contributed by atoms with Gasteiger partial charge in [-0.15, -0.1) is 0 Å². The van der Waals surface area contributed by atoms with E-state index in [-0.39, 0.29) is 11.8 Å². The zero-order valence-corrected chi connectivity index (χ0v) is 16.5. The average molecular weight is 391 g/mol. The highest BCUT2D eigenvalue weighted by molar-refractivity contribution is 5.98. The normalized spacial score (nSPS) is 13.8. The van der Waals surface area contributed by atoms with Gasteiger partial charge in [0.05, 0.1) is 12.8 Å². The molecule has 1 aliphatic heterocycles. The minimum absolute atomic E-state index is 0.0336.